The first-order valence-electron chi connectivity index (χ1n) is 7.26. The molecule has 0 atom stereocenters. The maximum Gasteiger partial charge on any atom is 0.127 e. The van der Waals surface area contributed by atoms with E-state index in [9.17, 15) is 5.11 Å². The first-order valence-corrected chi connectivity index (χ1v) is 7.64. The van der Waals surface area contributed by atoms with Crippen LogP contribution in [0.1, 0.15) is 16.7 Å². The van der Waals surface area contributed by atoms with Crippen LogP contribution in [0, 0.1) is 0 Å². The second-order valence-electron chi connectivity index (χ2n) is 5.30. The number of fused-ring (bicyclic) bond motifs is 1. The molecule has 0 bridgehead atoms. The number of benzene rings is 2. The van der Waals surface area contributed by atoms with Gasteiger partial charge < -0.3 is 15.2 Å². The van der Waals surface area contributed by atoms with Crippen molar-refractivity contribution in [2.45, 2.75) is 13.2 Å². The van der Waals surface area contributed by atoms with Crippen molar-refractivity contribution in [1.29, 1.82) is 0 Å². The Morgan fingerprint density at radius 3 is 2.73 bits per heavy atom. The van der Waals surface area contributed by atoms with Gasteiger partial charge >= 0.3 is 0 Å². The molecule has 114 valence electrons. The molecule has 1 heterocycles. The molecule has 0 saturated carbocycles. The summed E-state index contributed by atoms with van der Waals surface area (Å²) in [6.07, 6.45) is 2.12. The van der Waals surface area contributed by atoms with Crippen LogP contribution < -0.4 is 10.1 Å². The molecule has 0 spiro atoms. The van der Waals surface area contributed by atoms with Crippen LogP contribution in [0.15, 0.2) is 48.0 Å². The lowest BCUT2D eigenvalue weighted by atomic mass is 10.1. The van der Waals surface area contributed by atoms with E-state index in [0.29, 0.717) is 11.6 Å². The van der Waals surface area contributed by atoms with Gasteiger partial charge in [-0.15, -0.1) is 0 Å². The summed E-state index contributed by atoms with van der Waals surface area (Å²) >= 11 is 6.02. The van der Waals surface area contributed by atoms with Crippen LogP contribution in [0.2, 0.25) is 5.02 Å². The largest absolute Gasteiger partial charge is 0.489 e. The van der Waals surface area contributed by atoms with Crippen LogP contribution in [0.25, 0.3) is 6.08 Å². The first-order chi connectivity index (χ1) is 10.8. The molecule has 0 amide bonds. The fourth-order valence-corrected chi connectivity index (χ4v) is 2.72. The minimum absolute atomic E-state index is 0.0650. The fraction of sp³-hybridized carbons (Fsp3) is 0.222. The van der Waals surface area contributed by atoms with Crippen LogP contribution in [0.3, 0.4) is 0 Å². The molecule has 0 fully saturated rings. The lowest BCUT2D eigenvalue weighted by Crippen LogP contribution is -2.21. The lowest BCUT2D eigenvalue weighted by Gasteiger charge is -2.19. The third kappa shape index (κ3) is 3.50. The highest BCUT2D eigenvalue weighted by molar-refractivity contribution is 6.30. The molecule has 0 aliphatic carbocycles. The van der Waals surface area contributed by atoms with Crippen LogP contribution >= 0.6 is 11.6 Å². The molecule has 0 saturated heterocycles. The highest BCUT2D eigenvalue weighted by Gasteiger charge is 2.11. The lowest BCUT2D eigenvalue weighted by molar-refractivity contribution is 0.280. The molecule has 1 aliphatic rings. The van der Waals surface area contributed by atoms with Crippen LogP contribution in [0.5, 0.6) is 5.75 Å². The summed E-state index contributed by atoms with van der Waals surface area (Å²) in [4.78, 5) is 0. The molecule has 2 aromatic carbocycles. The Bertz CT molecular complexity index is 697. The smallest absolute Gasteiger partial charge is 0.127 e. The van der Waals surface area contributed by atoms with Crippen molar-refractivity contribution in [3.05, 3.63) is 69.8 Å². The predicted octanol–water partition coefficient (Wildman–Crippen LogP) is 3.40. The molecule has 2 aromatic rings. The van der Waals surface area contributed by atoms with E-state index in [1.54, 1.807) is 0 Å². The summed E-state index contributed by atoms with van der Waals surface area (Å²) in [7, 11) is 0. The summed E-state index contributed by atoms with van der Waals surface area (Å²) in [6, 6.07) is 13.5. The van der Waals surface area contributed by atoms with E-state index < -0.39 is 0 Å². The highest BCUT2D eigenvalue weighted by Crippen LogP contribution is 2.28. The number of hydrogen-bond acceptors (Lipinski definition) is 3. The molecular formula is C18H18ClNO2. The number of halogens is 1. The second-order valence-corrected chi connectivity index (χ2v) is 5.74. The number of nitrogens with one attached hydrogen (secondary N) is 1. The molecule has 2 N–H and O–H groups in total. The Morgan fingerprint density at radius 1 is 1.09 bits per heavy atom. The average Bonchev–Trinajstić information content (AvgIpc) is 2.55. The van der Waals surface area contributed by atoms with E-state index >= 15 is 0 Å². The third-order valence-corrected chi connectivity index (χ3v) is 3.94. The quantitative estimate of drug-likeness (QED) is 0.888. The van der Waals surface area contributed by atoms with Gasteiger partial charge in [0, 0.05) is 23.7 Å². The molecule has 0 aromatic heterocycles. The molecule has 3 rings (SSSR count). The van der Waals surface area contributed by atoms with Crippen molar-refractivity contribution in [1.82, 2.24) is 5.32 Å². The second kappa shape index (κ2) is 6.97. The van der Waals surface area contributed by atoms with Crippen LogP contribution in [-0.4, -0.2) is 18.3 Å². The highest BCUT2D eigenvalue weighted by atomic mass is 35.5. The van der Waals surface area contributed by atoms with E-state index in [1.807, 2.05) is 42.5 Å². The number of aliphatic hydroxyl groups excluding tert-OH is 1. The van der Waals surface area contributed by atoms with E-state index in [1.165, 1.54) is 5.57 Å². The Kier molecular flexibility index (Phi) is 4.78. The van der Waals surface area contributed by atoms with Gasteiger partial charge in [-0.1, -0.05) is 35.9 Å². The molecular weight excluding hydrogens is 298 g/mol. The Morgan fingerprint density at radius 2 is 1.91 bits per heavy atom. The number of ether oxygens (including phenoxy) is 1. The zero-order valence-corrected chi connectivity index (χ0v) is 12.9. The van der Waals surface area contributed by atoms with Gasteiger partial charge in [-0.25, -0.2) is 0 Å². The molecule has 0 unspecified atom stereocenters. The molecule has 3 nitrogen and oxygen atoms in total. The maximum absolute atomic E-state index is 9.33. The summed E-state index contributed by atoms with van der Waals surface area (Å²) in [5, 5.41) is 13.4. The number of hydrogen-bond donors (Lipinski definition) is 2. The first kappa shape index (κ1) is 15.1. The summed E-state index contributed by atoms with van der Waals surface area (Å²) in [5.74, 6) is 0.874. The average molecular weight is 316 g/mol. The maximum atomic E-state index is 9.33. The van der Waals surface area contributed by atoms with Crippen molar-refractivity contribution in [3.63, 3.8) is 0 Å². The molecule has 22 heavy (non-hydrogen) atoms. The molecule has 4 heteroatoms. The van der Waals surface area contributed by atoms with Crippen LogP contribution in [-0.2, 0) is 13.2 Å². The third-order valence-electron chi connectivity index (χ3n) is 3.70. The minimum atomic E-state index is 0.0650. The van der Waals surface area contributed by atoms with Crippen molar-refractivity contribution in [2.24, 2.45) is 0 Å². The van der Waals surface area contributed by atoms with Gasteiger partial charge in [-0.3, -0.25) is 0 Å². The SMILES string of the molecule is OCc1ccccc1CNCC1=Cc2cc(Cl)ccc2OC1. The van der Waals surface area contributed by atoms with Gasteiger partial charge in [-0.05, 0) is 41.0 Å². The zero-order chi connectivity index (χ0) is 15.4. The number of aliphatic hydroxyl groups is 1. The summed E-state index contributed by atoms with van der Waals surface area (Å²) < 4.78 is 5.73. The zero-order valence-electron chi connectivity index (χ0n) is 12.2. The Labute approximate surface area is 135 Å². The number of rotatable bonds is 5. The van der Waals surface area contributed by atoms with Gasteiger partial charge in [-0.2, -0.15) is 0 Å². The monoisotopic (exact) mass is 315 g/mol. The standard InChI is InChI=1S/C18H18ClNO2/c19-17-5-6-18-16(8-17)7-13(12-22-18)9-20-10-14-3-1-2-4-15(14)11-21/h1-8,20-21H,9-12H2. The van der Waals surface area contributed by atoms with Gasteiger partial charge in [0.25, 0.3) is 0 Å². The Hall–Kier alpha value is -1.81. The Balaban J connectivity index is 1.63. The minimum Gasteiger partial charge on any atom is -0.489 e. The predicted molar refractivity (Wildman–Crippen MR) is 89.0 cm³/mol. The van der Waals surface area contributed by atoms with Crippen molar-refractivity contribution >= 4 is 17.7 Å². The van der Waals surface area contributed by atoms with Crippen molar-refractivity contribution in [3.8, 4) is 5.75 Å². The molecule has 0 radical (unpaired) electrons. The van der Waals surface area contributed by atoms with Crippen molar-refractivity contribution < 1.29 is 9.84 Å². The van der Waals surface area contributed by atoms with E-state index in [4.69, 9.17) is 16.3 Å². The topological polar surface area (TPSA) is 41.5 Å². The molecule has 1 aliphatic heterocycles. The van der Waals surface area contributed by atoms with Gasteiger partial charge in [0.05, 0.1) is 6.61 Å². The van der Waals surface area contributed by atoms with Crippen molar-refractivity contribution in [2.75, 3.05) is 13.2 Å². The fourth-order valence-electron chi connectivity index (χ4n) is 2.54. The normalized spacial score (nSPS) is 13.3. The summed E-state index contributed by atoms with van der Waals surface area (Å²) in [5.41, 5.74) is 4.27. The van der Waals surface area contributed by atoms with Gasteiger partial charge in [0.15, 0.2) is 0 Å². The van der Waals surface area contributed by atoms with Crippen LogP contribution in [0.4, 0.5) is 0 Å². The van der Waals surface area contributed by atoms with E-state index in [-0.39, 0.29) is 6.61 Å². The summed E-state index contributed by atoms with van der Waals surface area (Å²) in [6.45, 7) is 2.11. The van der Waals surface area contributed by atoms with E-state index in [0.717, 1.165) is 35.5 Å². The van der Waals surface area contributed by atoms with Gasteiger partial charge in [0.1, 0.15) is 12.4 Å². The van der Waals surface area contributed by atoms with E-state index in [2.05, 4.69) is 11.4 Å². The van der Waals surface area contributed by atoms with Gasteiger partial charge in [0.2, 0.25) is 0 Å².